The lowest BCUT2D eigenvalue weighted by molar-refractivity contribution is 0.145. The predicted molar refractivity (Wildman–Crippen MR) is 65.6 cm³/mol. The van der Waals surface area contributed by atoms with Crippen molar-refractivity contribution in [2.75, 3.05) is 19.8 Å². The van der Waals surface area contributed by atoms with Crippen LogP contribution in [0.5, 0.6) is 0 Å². The van der Waals surface area contributed by atoms with Gasteiger partial charge in [0.15, 0.2) is 0 Å². The Bertz CT molecular complexity index is 298. The molecule has 0 saturated carbocycles. The molecule has 1 aromatic heterocycles. The minimum atomic E-state index is 0.357. The SMILES string of the molecule is CCOCCN[C@@H](C)[C@H](C)n1cc(C)cn1. The summed E-state index contributed by atoms with van der Waals surface area (Å²) in [6, 6.07) is 0.745. The zero-order valence-electron chi connectivity index (χ0n) is 10.7. The molecule has 0 fully saturated rings. The van der Waals surface area contributed by atoms with Gasteiger partial charge in [-0.25, -0.2) is 0 Å². The van der Waals surface area contributed by atoms with Crippen molar-refractivity contribution in [2.45, 2.75) is 39.8 Å². The van der Waals surface area contributed by atoms with Gasteiger partial charge in [0, 0.05) is 25.4 Å². The Hall–Kier alpha value is -0.870. The largest absolute Gasteiger partial charge is 0.380 e. The van der Waals surface area contributed by atoms with Crippen molar-refractivity contribution in [1.29, 1.82) is 0 Å². The molecule has 0 aliphatic rings. The number of aromatic nitrogens is 2. The third kappa shape index (κ3) is 3.94. The van der Waals surface area contributed by atoms with E-state index in [0.29, 0.717) is 12.1 Å². The number of nitrogens with zero attached hydrogens (tertiary/aromatic N) is 2. The van der Waals surface area contributed by atoms with Gasteiger partial charge in [-0.2, -0.15) is 5.10 Å². The number of hydrogen-bond acceptors (Lipinski definition) is 3. The summed E-state index contributed by atoms with van der Waals surface area (Å²) in [4.78, 5) is 0. The zero-order valence-corrected chi connectivity index (χ0v) is 10.7. The maximum atomic E-state index is 5.29. The highest BCUT2D eigenvalue weighted by molar-refractivity contribution is 5.00. The van der Waals surface area contributed by atoms with Gasteiger partial charge in [-0.05, 0) is 33.3 Å². The van der Waals surface area contributed by atoms with E-state index in [2.05, 4.69) is 37.4 Å². The molecular formula is C12H23N3O. The lowest BCUT2D eigenvalue weighted by Crippen LogP contribution is -2.36. The van der Waals surface area contributed by atoms with Crippen LogP contribution in [0, 0.1) is 6.92 Å². The molecule has 0 aliphatic carbocycles. The van der Waals surface area contributed by atoms with Crippen LogP contribution >= 0.6 is 0 Å². The van der Waals surface area contributed by atoms with Crippen LogP contribution in [-0.2, 0) is 4.74 Å². The molecule has 0 radical (unpaired) electrons. The Morgan fingerprint density at radius 3 is 2.81 bits per heavy atom. The van der Waals surface area contributed by atoms with Crippen molar-refractivity contribution in [3.63, 3.8) is 0 Å². The molecule has 4 nitrogen and oxygen atoms in total. The molecule has 1 rings (SSSR count). The summed E-state index contributed by atoms with van der Waals surface area (Å²) in [6.45, 7) is 10.9. The molecule has 0 unspecified atom stereocenters. The first kappa shape index (κ1) is 13.2. The fraction of sp³-hybridized carbons (Fsp3) is 0.750. The zero-order chi connectivity index (χ0) is 12.0. The Labute approximate surface area is 98.0 Å². The normalized spacial score (nSPS) is 15.0. The van der Waals surface area contributed by atoms with Gasteiger partial charge in [-0.3, -0.25) is 4.68 Å². The van der Waals surface area contributed by atoms with Crippen LogP contribution in [0.25, 0.3) is 0 Å². The molecule has 16 heavy (non-hydrogen) atoms. The number of hydrogen-bond donors (Lipinski definition) is 1. The van der Waals surface area contributed by atoms with Crippen LogP contribution in [0.2, 0.25) is 0 Å². The minimum Gasteiger partial charge on any atom is -0.380 e. The Morgan fingerprint density at radius 2 is 2.25 bits per heavy atom. The summed E-state index contributed by atoms with van der Waals surface area (Å²) in [7, 11) is 0. The van der Waals surface area contributed by atoms with Crippen molar-refractivity contribution in [3.05, 3.63) is 18.0 Å². The number of rotatable bonds is 7. The molecule has 1 aromatic rings. The standard InChI is InChI=1S/C12H23N3O/c1-5-16-7-6-13-11(3)12(4)15-9-10(2)8-14-15/h8-9,11-13H,5-7H2,1-4H3/t11-,12-/m0/s1. The van der Waals surface area contributed by atoms with Crippen molar-refractivity contribution in [1.82, 2.24) is 15.1 Å². The van der Waals surface area contributed by atoms with Gasteiger partial charge in [-0.1, -0.05) is 0 Å². The minimum absolute atomic E-state index is 0.357. The van der Waals surface area contributed by atoms with E-state index >= 15 is 0 Å². The average Bonchev–Trinajstić information content (AvgIpc) is 2.70. The molecule has 0 aliphatic heterocycles. The number of nitrogens with one attached hydrogen (secondary N) is 1. The summed E-state index contributed by atoms with van der Waals surface area (Å²) in [5.74, 6) is 0. The van der Waals surface area contributed by atoms with Crippen molar-refractivity contribution in [2.24, 2.45) is 0 Å². The first-order valence-corrected chi connectivity index (χ1v) is 5.97. The molecule has 0 saturated heterocycles. The summed E-state index contributed by atoms with van der Waals surface area (Å²) in [5, 5.41) is 7.77. The van der Waals surface area contributed by atoms with E-state index in [0.717, 1.165) is 19.8 Å². The molecule has 0 amide bonds. The summed E-state index contributed by atoms with van der Waals surface area (Å²) in [5.41, 5.74) is 1.20. The first-order valence-electron chi connectivity index (χ1n) is 5.97. The molecule has 4 heteroatoms. The molecule has 92 valence electrons. The van der Waals surface area contributed by atoms with Crippen molar-refractivity contribution in [3.8, 4) is 0 Å². The molecule has 2 atom stereocenters. The van der Waals surface area contributed by atoms with Crippen molar-refractivity contribution >= 4 is 0 Å². The van der Waals surface area contributed by atoms with Gasteiger partial charge in [0.25, 0.3) is 0 Å². The fourth-order valence-electron chi connectivity index (χ4n) is 1.56. The second kappa shape index (κ2) is 6.66. The van der Waals surface area contributed by atoms with E-state index in [4.69, 9.17) is 4.74 Å². The second-order valence-electron chi connectivity index (χ2n) is 4.18. The van der Waals surface area contributed by atoms with E-state index in [1.807, 2.05) is 17.8 Å². The summed E-state index contributed by atoms with van der Waals surface area (Å²) >= 11 is 0. The number of ether oxygens (including phenoxy) is 1. The maximum Gasteiger partial charge on any atom is 0.0641 e. The van der Waals surface area contributed by atoms with Crippen LogP contribution < -0.4 is 5.32 Å². The van der Waals surface area contributed by atoms with Gasteiger partial charge >= 0.3 is 0 Å². The smallest absolute Gasteiger partial charge is 0.0641 e. The molecule has 0 bridgehead atoms. The van der Waals surface area contributed by atoms with E-state index in [-0.39, 0.29) is 0 Å². The van der Waals surface area contributed by atoms with Gasteiger partial charge in [-0.15, -0.1) is 0 Å². The fourth-order valence-corrected chi connectivity index (χ4v) is 1.56. The molecular weight excluding hydrogens is 202 g/mol. The van der Waals surface area contributed by atoms with Gasteiger partial charge in [0.1, 0.15) is 0 Å². The van der Waals surface area contributed by atoms with Crippen molar-refractivity contribution < 1.29 is 4.74 Å². The quantitative estimate of drug-likeness (QED) is 0.719. The van der Waals surface area contributed by atoms with Crippen LogP contribution in [0.4, 0.5) is 0 Å². The Balaban J connectivity index is 2.33. The lowest BCUT2D eigenvalue weighted by Gasteiger charge is -2.21. The van der Waals surface area contributed by atoms with E-state index in [1.54, 1.807) is 0 Å². The van der Waals surface area contributed by atoms with Gasteiger partial charge < -0.3 is 10.1 Å². The topological polar surface area (TPSA) is 39.1 Å². The van der Waals surface area contributed by atoms with Crippen LogP contribution in [0.1, 0.15) is 32.4 Å². The predicted octanol–water partition coefficient (Wildman–Crippen LogP) is 1.77. The average molecular weight is 225 g/mol. The maximum absolute atomic E-state index is 5.29. The van der Waals surface area contributed by atoms with Crippen LogP contribution in [0.3, 0.4) is 0 Å². The van der Waals surface area contributed by atoms with Gasteiger partial charge in [0.05, 0.1) is 18.8 Å². The summed E-state index contributed by atoms with van der Waals surface area (Å²) in [6.07, 6.45) is 3.97. The lowest BCUT2D eigenvalue weighted by atomic mass is 10.2. The summed E-state index contributed by atoms with van der Waals surface area (Å²) < 4.78 is 7.30. The van der Waals surface area contributed by atoms with E-state index in [9.17, 15) is 0 Å². The third-order valence-corrected chi connectivity index (χ3v) is 2.79. The van der Waals surface area contributed by atoms with Crippen LogP contribution in [-0.4, -0.2) is 35.6 Å². The highest BCUT2D eigenvalue weighted by Gasteiger charge is 2.13. The molecule has 1 heterocycles. The van der Waals surface area contributed by atoms with Gasteiger partial charge in [0.2, 0.25) is 0 Å². The molecule has 0 aromatic carbocycles. The van der Waals surface area contributed by atoms with Crippen LogP contribution in [0.15, 0.2) is 12.4 Å². The first-order chi connectivity index (χ1) is 7.65. The molecule has 1 N–H and O–H groups in total. The Morgan fingerprint density at radius 1 is 1.50 bits per heavy atom. The highest BCUT2D eigenvalue weighted by atomic mass is 16.5. The number of aryl methyl sites for hydroxylation is 1. The monoisotopic (exact) mass is 225 g/mol. The second-order valence-corrected chi connectivity index (χ2v) is 4.18. The molecule has 0 spiro atoms. The van der Waals surface area contributed by atoms with E-state index in [1.165, 1.54) is 5.56 Å². The third-order valence-electron chi connectivity index (χ3n) is 2.79. The Kier molecular flexibility index (Phi) is 5.49. The van der Waals surface area contributed by atoms with E-state index < -0.39 is 0 Å². The highest BCUT2D eigenvalue weighted by Crippen LogP contribution is 2.10.